The van der Waals surface area contributed by atoms with Gasteiger partial charge in [0, 0.05) is 25.2 Å². The quantitative estimate of drug-likeness (QED) is 0.880. The van der Waals surface area contributed by atoms with Crippen molar-refractivity contribution in [3.63, 3.8) is 0 Å². The summed E-state index contributed by atoms with van der Waals surface area (Å²) in [5, 5.41) is 19.2. The Morgan fingerprint density at radius 3 is 2.35 bits per heavy atom. The molecule has 0 spiro atoms. The van der Waals surface area contributed by atoms with Gasteiger partial charge in [0.1, 0.15) is 5.82 Å². The number of aliphatic hydroxyl groups excluding tert-OH is 2. The molecule has 2 heterocycles. The Morgan fingerprint density at radius 1 is 0.950 bits per heavy atom. The molecule has 0 bridgehead atoms. The van der Waals surface area contributed by atoms with Crippen LogP contribution in [0.2, 0.25) is 0 Å². The van der Waals surface area contributed by atoms with Crippen LogP contribution in [0.4, 0.5) is 5.82 Å². The van der Waals surface area contributed by atoms with E-state index in [0.29, 0.717) is 13.1 Å². The van der Waals surface area contributed by atoms with Crippen LogP contribution in [-0.2, 0) is 6.42 Å². The zero-order valence-electron chi connectivity index (χ0n) is 11.2. The number of nitrogens with zero attached hydrogens (tertiary/aromatic N) is 2. The van der Waals surface area contributed by atoms with Gasteiger partial charge in [0.2, 0.25) is 0 Å². The number of anilines is 1. The van der Waals surface area contributed by atoms with Crippen LogP contribution >= 0.6 is 0 Å². The largest absolute Gasteiger partial charge is 0.389 e. The third-order valence-corrected chi connectivity index (χ3v) is 3.60. The lowest BCUT2D eigenvalue weighted by atomic mass is 10.1. The first-order valence-corrected chi connectivity index (χ1v) is 6.83. The average molecular weight is 270 g/mol. The topological polar surface area (TPSA) is 56.6 Å². The van der Waals surface area contributed by atoms with E-state index in [0.717, 1.165) is 17.9 Å². The minimum absolute atomic E-state index is 0.433. The molecule has 20 heavy (non-hydrogen) atoms. The summed E-state index contributed by atoms with van der Waals surface area (Å²) in [5.41, 5.74) is 2.21. The van der Waals surface area contributed by atoms with E-state index in [2.05, 4.69) is 17.1 Å². The van der Waals surface area contributed by atoms with Crippen LogP contribution in [-0.4, -0.2) is 40.5 Å². The van der Waals surface area contributed by atoms with Crippen LogP contribution < -0.4 is 4.90 Å². The highest BCUT2D eigenvalue weighted by Crippen LogP contribution is 2.19. The molecule has 1 aliphatic rings. The normalized spacial score (nSPS) is 22.2. The molecule has 2 aromatic rings. The van der Waals surface area contributed by atoms with E-state index in [-0.39, 0.29) is 0 Å². The first kappa shape index (κ1) is 13.1. The summed E-state index contributed by atoms with van der Waals surface area (Å²) in [6.07, 6.45) is -0.586. The second-order valence-electron chi connectivity index (χ2n) is 5.19. The van der Waals surface area contributed by atoms with Crippen molar-refractivity contribution in [1.29, 1.82) is 0 Å². The third-order valence-electron chi connectivity index (χ3n) is 3.60. The lowest BCUT2D eigenvalue weighted by Crippen LogP contribution is -2.22. The number of rotatable bonds is 3. The molecule has 0 aliphatic carbocycles. The predicted octanol–water partition coefficient (Wildman–Crippen LogP) is 1.21. The Hall–Kier alpha value is -1.91. The highest BCUT2D eigenvalue weighted by Gasteiger charge is 2.30. The summed E-state index contributed by atoms with van der Waals surface area (Å²) < 4.78 is 0. The van der Waals surface area contributed by atoms with Gasteiger partial charge in [-0.15, -0.1) is 0 Å². The van der Waals surface area contributed by atoms with Crippen LogP contribution in [0.1, 0.15) is 11.3 Å². The molecule has 1 aromatic carbocycles. The molecule has 1 saturated heterocycles. The van der Waals surface area contributed by atoms with Crippen molar-refractivity contribution in [3.05, 3.63) is 59.8 Å². The Bertz CT molecular complexity index is 564. The highest BCUT2D eigenvalue weighted by atomic mass is 16.3. The maximum Gasteiger partial charge on any atom is 0.128 e. The Kier molecular flexibility index (Phi) is 3.67. The summed E-state index contributed by atoms with van der Waals surface area (Å²) in [7, 11) is 0. The van der Waals surface area contributed by atoms with Crippen molar-refractivity contribution in [2.24, 2.45) is 0 Å². The Labute approximate surface area is 118 Å². The van der Waals surface area contributed by atoms with Crippen molar-refractivity contribution in [2.75, 3.05) is 18.0 Å². The molecule has 1 aromatic heterocycles. The monoisotopic (exact) mass is 270 g/mol. The minimum atomic E-state index is -0.686. The summed E-state index contributed by atoms with van der Waals surface area (Å²) in [6, 6.07) is 16.1. The lowest BCUT2D eigenvalue weighted by Gasteiger charge is -2.17. The first-order chi connectivity index (χ1) is 9.72. The second-order valence-corrected chi connectivity index (χ2v) is 5.19. The summed E-state index contributed by atoms with van der Waals surface area (Å²) in [4.78, 5) is 6.54. The molecule has 3 rings (SSSR count). The number of hydrogen-bond donors (Lipinski definition) is 2. The van der Waals surface area contributed by atoms with E-state index in [9.17, 15) is 10.2 Å². The molecule has 1 fully saturated rings. The van der Waals surface area contributed by atoms with Gasteiger partial charge < -0.3 is 15.1 Å². The lowest BCUT2D eigenvalue weighted by molar-refractivity contribution is 0.0572. The van der Waals surface area contributed by atoms with Crippen LogP contribution in [0.25, 0.3) is 0 Å². The van der Waals surface area contributed by atoms with Gasteiger partial charge >= 0.3 is 0 Å². The van der Waals surface area contributed by atoms with Gasteiger partial charge in [0.15, 0.2) is 0 Å². The van der Waals surface area contributed by atoms with E-state index in [4.69, 9.17) is 0 Å². The van der Waals surface area contributed by atoms with Crippen LogP contribution in [0, 0.1) is 0 Å². The highest BCUT2D eigenvalue weighted by molar-refractivity contribution is 5.42. The zero-order valence-corrected chi connectivity index (χ0v) is 11.2. The fraction of sp³-hybridized carbons (Fsp3) is 0.312. The summed E-state index contributed by atoms with van der Waals surface area (Å²) in [6.45, 7) is 0.867. The molecule has 0 amide bonds. The van der Waals surface area contributed by atoms with Gasteiger partial charge in [0.25, 0.3) is 0 Å². The van der Waals surface area contributed by atoms with Gasteiger partial charge in [-0.05, 0) is 17.7 Å². The van der Waals surface area contributed by atoms with Crippen molar-refractivity contribution in [3.8, 4) is 0 Å². The second kappa shape index (κ2) is 5.61. The SMILES string of the molecule is O[C@@H]1CN(c2cccc(Cc3ccccc3)n2)C[C@@H]1O. The van der Waals surface area contributed by atoms with Gasteiger partial charge in [-0.2, -0.15) is 0 Å². The maximum absolute atomic E-state index is 9.61. The molecule has 2 atom stereocenters. The first-order valence-electron chi connectivity index (χ1n) is 6.83. The van der Waals surface area contributed by atoms with Crippen molar-refractivity contribution >= 4 is 5.82 Å². The van der Waals surface area contributed by atoms with Gasteiger partial charge in [-0.1, -0.05) is 36.4 Å². The van der Waals surface area contributed by atoms with Gasteiger partial charge in [0.05, 0.1) is 12.2 Å². The van der Waals surface area contributed by atoms with Crippen LogP contribution in [0.15, 0.2) is 48.5 Å². The summed E-state index contributed by atoms with van der Waals surface area (Å²) >= 11 is 0. The number of hydrogen-bond acceptors (Lipinski definition) is 4. The van der Waals surface area contributed by atoms with Crippen LogP contribution in [0.3, 0.4) is 0 Å². The fourth-order valence-electron chi connectivity index (χ4n) is 2.50. The zero-order chi connectivity index (χ0) is 13.9. The Balaban J connectivity index is 1.77. The van der Waals surface area contributed by atoms with E-state index in [1.165, 1.54) is 5.56 Å². The smallest absolute Gasteiger partial charge is 0.128 e. The molecule has 104 valence electrons. The van der Waals surface area contributed by atoms with Crippen molar-refractivity contribution < 1.29 is 10.2 Å². The van der Waals surface area contributed by atoms with Crippen molar-refractivity contribution in [1.82, 2.24) is 4.98 Å². The third kappa shape index (κ3) is 2.81. The fourth-order valence-corrected chi connectivity index (χ4v) is 2.50. The number of aromatic nitrogens is 1. The standard InChI is InChI=1S/C16H18N2O2/c19-14-10-18(11-15(14)20)16-8-4-7-13(17-16)9-12-5-2-1-3-6-12/h1-8,14-15,19-20H,9-11H2/t14-,15+. The summed E-state index contributed by atoms with van der Waals surface area (Å²) in [5.74, 6) is 0.814. The molecule has 4 heteroatoms. The number of aliphatic hydroxyl groups is 2. The molecule has 0 unspecified atom stereocenters. The van der Waals surface area contributed by atoms with E-state index in [1.807, 2.05) is 41.3 Å². The van der Waals surface area contributed by atoms with Gasteiger partial charge in [-0.3, -0.25) is 0 Å². The average Bonchev–Trinajstić information content (AvgIpc) is 2.80. The maximum atomic E-state index is 9.61. The molecule has 0 saturated carbocycles. The van der Waals surface area contributed by atoms with Gasteiger partial charge in [-0.25, -0.2) is 4.98 Å². The molecule has 1 aliphatic heterocycles. The molecule has 2 N–H and O–H groups in total. The predicted molar refractivity (Wildman–Crippen MR) is 77.7 cm³/mol. The number of β-amino-alcohol motifs (C(OH)–C–C–N with tert-alkyl or cyclic N) is 2. The van der Waals surface area contributed by atoms with Crippen LogP contribution in [0.5, 0.6) is 0 Å². The molecular weight excluding hydrogens is 252 g/mol. The molecule has 0 radical (unpaired) electrons. The Morgan fingerprint density at radius 2 is 1.65 bits per heavy atom. The van der Waals surface area contributed by atoms with E-state index < -0.39 is 12.2 Å². The van der Waals surface area contributed by atoms with E-state index in [1.54, 1.807) is 0 Å². The van der Waals surface area contributed by atoms with E-state index >= 15 is 0 Å². The van der Waals surface area contributed by atoms with Crippen molar-refractivity contribution in [2.45, 2.75) is 18.6 Å². The number of pyridine rings is 1. The molecular formula is C16H18N2O2. The minimum Gasteiger partial charge on any atom is -0.389 e. The molecule has 4 nitrogen and oxygen atoms in total. The number of benzene rings is 1.